The zero-order valence-corrected chi connectivity index (χ0v) is 23.9. The predicted octanol–water partition coefficient (Wildman–Crippen LogP) is 6.95. The number of alkyl halides is 2. The standard InChI is InChI=1S/C30H29ClF2N8/c1-17-9-18(12-34)5-6-21(17)27(24-15-41(40-39-24)30(7-8-30)28(32)33)38-20-10-22-25(37-16-29(2,3)4)19(13-35)14-36-26(22)23(31)11-20/h5-6,9-11,14-15,27-28,38H,7-8,16H2,1-4H3,(H,36,37). The molecular formula is C30H29ClF2N8. The number of anilines is 2. The molecule has 5 rings (SSSR count). The molecule has 1 unspecified atom stereocenters. The number of benzene rings is 2. The minimum Gasteiger partial charge on any atom is -0.383 e. The summed E-state index contributed by atoms with van der Waals surface area (Å²) >= 11 is 6.71. The van der Waals surface area contributed by atoms with E-state index in [4.69, 9.17) is 11.6 Å². The monoisotopic (exact) mass is 574 g/mol. The minimum absolute atomic E-state index is 0.0524. The molecule has 0 aliphatic heterocycles. The lowest BCUT2D eigenvalue weighted by Gasteiger charge is -2.23. The summed E-state index contributed by atoms with van der Waals surface area (Å²) in [6.07, 6.45) is 1.17. The molecule has 0 saturated heterocycles. The maximum Gasteiger partial charge on any atom is 0.263 e. The van der Waals surface area contributed by atoms with Crippen molar-refractivity contribution in [3.8, 4) is 12.1 Å². The first-order valence-electron chi connectivity index (χ1n) is 13.2. The molecule has 11 heteroatoms. The normalized spacial score (nSPS) is 14.9. The first kappa shape index (κ1) is 28.3. The third kappa shape index (κ3) is 5.53. The zero-order valence-electron chi connectivity index (χ0n) is 23.1. The highest BCUT2D eigenvalue weighted by Gasteiger charge is 2.54. The number of pyridine rings is 1. The van der Waals surface area contributed by atoms with Crippen LogP contribution in [0.15, 0.2) is 42.7 Å². The molecule has 2 aromatic heterocycles. The van der Waals surface area contributed by atoms with Crippen LogP contribution in [0.2, 0.25) is 5.02 Å². The molecule has 41 heavy (non-hydrogen) atoms. The van der Waals surface area contributed by atoms with Crippen molar-refractivity contribution < 1.29 is 8.78 Å². The van der Waals surface area contributed by atoms with E-state index < -0.39 is 18.0 Å². The van der Waals surface area contributed by atoms with Crippen LogP contribution in [0.3, 0.4) is 0 Å². The van der Waals surface area contributed by atoms with Gasteiger partial charge in [-0.25, -0.2) is 13.5 Å². The molecule has 1 fully saturated rings. The Morgan fingerprint density at radius 2 is 1.90 bits per heavy atom. The Bertz CT molecular complexity index is 1710. The molecule has 4 aromatic rings. The van der Waals surface area contributed by atoms with E-state index in [0.717, 1.165) is 11.1 Å². The molecule has 8 nitrogen and oxygen atoms in total. The van der Waals surface area contributed by atoms with Crippen molar-refractivity contribution in [1.29, 1.82) is 10.5 Å². The van der Waals surface area contributed by atoms with E-state index in [0.29, 0.717) is 63.5 Å². The number of nitrogens with one attached hydrogen (secondary N) is 2. The Balaban J connectivity index is 1.61. The molecule has 1 saturated carbocycles. The second-order valence-corrected chi connectivity index (χ2v) is 12.1. The highest BCUT2D eigenvalue weighted by molar-refractivity contribution is 6.35. The lowest BCUT2D eigenvalue weighted by Crippen LogP contribution is -2.26. The van der Waals surface area contributed by atoms with Crippen LogP contribution in [0.4, 0.5) is 20.2 Å². The summed E-state index contributed by atoms with van der Waals surface area (Å²) in [5.41, 5.74) is 3.34. The van der Waals surface area contributed by atoms with Crippen molar-refractivity contribution in [3.05, 3.63) is 75.7 Å². The summed E-state index contributed by atoms with van der Waals surface area (Å²) in [5, 5.41) is 35.5. The topological polar surface area (TPSA) is 115 Å². The summed E-state index contributed by atoms with van der Waals surface area (Å²) in [4.78, 5) is 4.43. The van der Waals surface area contributed by atoms with Crippen molar-refractivity contribution in [2.24, 2.45) is 5.41 Å². The fourth-order valence-electron chi connectivity index (χ4n) is 4.82. The third-order valence-corrected chi connectivity index (χ3v) is 7.58. The lowest BCUT2D eigenvalue weighted by molar-refractivity contribution is 0.0593. The quantitative estimate of drug-likeness (QED) is 0.234. The molecule has 0 spiro atoms. The number of rotatable bonds is 8. The van der Waals surface area contributed by atoms with Crippen molar-refractivity contribution in [2.75, 3.05) is 17.2 Å². The Hall–Kier alpha value is -4.28. The van der Waals surface area contributed by atoms with Crippen molar-refractivity contribution >= 4 is 33.9 Å². The van der Waals surface area contributed by atoms with Crippen LogP contribution >= 0.6 is 11.6 Å². The first-order chi connectivity index (χ1) is 19.5. The van der Waals surface area contributed by atoms with Gasteiger partial charge in [0.1, 0.15) is 17.3 Å². The summed E-state index contributed by atoms with van der Waals surface area (Å²) in [6, 6.07) is 12.6. The van der Waals surface area contributed by atoms with Crippen molar-refractivity contribution in [2.45, 2.75) is 58.5 Å². The molecule has 0 amide bonds. The smallest absolute Gasteiger partial charge is 0.263 e. The molecule has 0 radical (unpaired) electrons. The van der Waals surface area contributed by atoms with Crippen molar-refractivity contribution in [3.63, 3.8) is 0 Å². The number of halogens is 3. The van der Waals surface area contributed by atoms with Crippen LogP contribution < -0.4 is 10.6 Å². The SMILES string of the molecule is Cc1cc(C#N)ccc1C(Nc1cc(Cl)c2ncc(C#N)c(NCC(C)(C)C)c2c1)c1cn(C2(C(F)F)CC2)nn1. The summed E-state index contributed by atoms with van der Waals surface area (Å²) in [5.74, 6) is 0. The number of aryl methyl sites for hydroxylation is 1. The molecule has 1 atom stereocenters. The average Bonchev–Trinajstić information content (AvgIpc) is 3.60. The number of nitriles is 2. The van der Waals surface area contributed by atoms with Crippen LogP contribution in [0.5, 0.6) is 0 Å². The van der Waals surface area contributed by atoms with Crippen LogP contribution in [-0.2, 0) is 5.54 Å². The average molecular weight is 575 g/mol. The maximum absolute atomic E-state index is 13.8. The van der Waals surface area contributed by atoms with Gasteiger partial charge >= 0.3 is 0 Å². The first-order valence-corrected chi connectivity index (χ1v) is 13.6. The van der Waals surface area contributed by atoms with E-state index in [2.05, 4.69) is 58.8 Å². The highest BCUT2D eigenvalue weighted by atomic mass is 35.5. The molecule has 2 aromatic carbocycles. The molecule has 1 aliphatic rings. The van der Waals surface area contributed by atoms with Gasteiger partial charge in [0, 0.05) is 23.8 Å². The maximum atomic E-state index is 13.8. The summed E-state index contributed by atoms with van der Waals surface area (Å²) < 4.78 is 28.9. The van der Waals surface area contributed by atoms with E-state index in [1.165, 1.54) is 10.9 Å². The largest absolute Gasteiger partial charge is 0.383 e. The second kappa shape index (κ2) is 10.6. The molecule has 2 heterocycles. The van der Waals surface area contributed by atoms with Gasteiger partial charge in [-0.15, -0.1) is 5.10 Å². The predicted molar refractivity (Wildman–Crippen MR) is 154 cm³/mol. The van der Waals surface area contributed by atoms with E-state index in [9.17, 15) is 19.3 Å². The van der Waals surface area contributed by atoms with E-state index in [-0.39, 0.29) is 5.41 Å². The van der Waals surface area contributed by atoms with Crippen molar-refractivity contribution in [1.82, 2.24) is 20.0 Å². The van der Waals surface area contributed by atoms with Crippen LogP contribution in [0, 0.1) is 35.0 Å². The van der Waals surface area contributed by atoms with Gasteiger partial charge in [-0.1, -0.05) is 43.7 Å². The van der Waals surface area contributed by atoms with Gasteiger partial charge in [0.15, 0.2) is 0 Å². The number of fused-ring (bicyclic) bond motifs is 1. The molecular weight excluding hydrogens is 546 g/mol. The second-order valence-electron chi connectivity index (χ2n) is 11.7. The van der Waals surface area contributed by atoms with Gasteiger partial charge in [-0.3, -0.25) is 4.98 Å². The van der Waals surface area contributed by atoms with Crippen LogP contribution in [0.25, 0.3) is 10.9 Å². The Kier molecular flexibility index (Phi) is 7.31. The van der Waals surface area contributed by atoms with Gasteiger partial charge < -0.3 is 10.6 Å². The summed E-state index contributed by atoms with van der Waals surface area (Å²) in [7, 11) is 0. The van der Waals surface area contributed by atoms with Gasteiger partial charge in [0.25, 0.3) is 6.43 Å². The molecule has 1 aliphatic carbocycles. The number of hydrogen-bond donors (Lipinski definition) is 2. The lowest BCUT2D eigenvalue weighted by atomic mass is 9.96. The van der Waals surface area contributed by atoms with E-state index in [1.807, 2.05) is 19.1 Å². The van der Waals surface area contributed by atoms with Crippen LogP contribution in [0.1, 0.15) is 67.6 Å². The van der Waals surface area contributed by atoms with Gasteiger partial charge in [-0.05, 0) is 60.6 Å². The molecule has 210 valence electrons. The van der Waals surface area contributed by atoms with E-state index >= 15 is 0 Å². The Labute approximate surface area is 241 Å². The number of hydrogen-bond acceptors (Lipinski definition) is 7. The van der Waals surface area contributed by atoms with Gasteiger partial charge in [-0.2, -0.15) is 10.5 Å². The number of nitrogens with zero attached hydrogens (tertiary/aromatic N) is 6. The Morgan fingerprint density at radius 3 is 2.51 bits per heavy atom. The van der Waals surface area contributed by atoms with E-state index in [1.54, 1.807) is 24.4 Å². The zero-order chi connectivity index (χ0) is 29.5. The number of aromatic nitrogens is 4. The fourth-order valence-corrected chi connectivity index (χ4v) is 5.09. The minimum atomic E-state index is -2.56. The summed E-state index contributed by atoms with van der Waals surface area (Å²) in [6.45, 7) is 8.76. The fraction of sp³-hybridized carbons (Fsp3) is 0.367. The van der Waals surface area contributed by atoms with Crippen LogP contribution in [-0.4, -0.2) is 32.9 Å². The van der Waals surface area contributed by atoms with Gasteiger partial charge in [0.05, 0.1) is 45.7 Å². The Morgan fingerprint density at radius 1 is 1.15 bits per heavy atom. The molecule has 2 N–H and O–H groups in total. The van der Waals surface area contributed by atoms with Gasteiger partial charge in [0.2, 0.25) is 0 Å². The third-order valence-electron chi connectivity index (χ3n) is 7.29. The molecule has 0 bridgehead atoms. The highest BCUT2D eigenvalue weighted by Crippen LogP contribution is 2.48.